The van der Waals surface area contributed by atoms with Crippen LogP contribution in [0.4, 0.5) is 0 Å². The number of rotatable bonds is 8. The van der Waals surface area contributed by atoms with E-state index in [1.165, 1.54) is 0 Å². The van der Waals surface area contributed by atoms with Gasteiger partial charge in [0.25, 0.3) is 0 Å². The van der Waals surface area contributed by atoms with Crippen LogP contribution in [-0.2, 0) is 4.79 Å². The van der Waals surface area contributed by atoms with Crippen LogP contribution in [0.1, 0.15) is 46.5 Å². The number of carbonyl (C=O) groups is 1. The lowest BCUT2D eigenvalue weighted by Crippen LogP contribution is -2.40. The molecule has 0 aromatic heterocycles. The van der Waals surface area contributed by atoms with Crippen LogP contribution in [0.5, 0.6) is 0 Å². The maximum Gasteiger partial charge on any atom is 0.226 e. The molecule has 3 nitrogen and oxygen atoms in total. The molecule has 0 aromatic carbocycles. The Kier molecular flexibility index (Phi) is 8.16. The third kappa shape index (κ3) is 5.45. The summed E-state index contributed by atoms with van der Waals surface area (Å²) >= 11 is 4.85. The van der Waals surface area contributed by atoms with Gasteiger partial charge in [0.15, 0.2) is 0 Å². The zero-order valence-electron chi connectivity index (χ0n) is 10.7. The van der Waals surface area contributed by atoms with Gasteiger partial charge in [0.05, 0.1) is 11.5 Å². The van der Waals surface area contributed by atoms with Gasteiger partial charge in [-0.3, -0.25) is 4.79 Å². The molecule has 0 radical (unpaired) electrons. The third-order valence-electron chi connectivity index (χ3n) is 2.79. The highest BCUT2D eigenvalue weighted by atomic mass is 32.1. The van der Waals surface area contributed by atoms with Gasteiger partial charge in [0.2, 0.25) is 5.91 Å². The number of nitrogens with zero attached hydrogens (tertiary/aromatic N) is 1. The number of unbranched alkanes of at least 4 members (excludes halogenated alkanes) is 1. The smallest absolute Gasteiger partial charge is 0.226 e. The molecule has 1 atom stereocenters. The van der Waals surface area contributed by atoms with Gasteiger partial charge < -0.3 is 10.6 Å². The number of carbonyl (C=O) groups excluding carboxylic acids is 1. The molecule has 0 spiro atoms. The molecular weight excluding hydrogens is 220 g/mol. The first-order valence-corrected chi connectivity index (χ1v) is 6.54. The van der Waals surface area contributed by atoms with Crippen LogP contribution in [0.3, 0.4) is 0 Å². The van der Waals surface area contributed by atoms with E-state index in [9.17, 15) is 4.79 Å². The maximum absolute atomic E-state index is 12.2. The molecule has 0 rings (SSSR count). The summed E-state index contributed by atoms with van der Waals surface area (Å²) in [5.74, 6) is 0.334. The quantitative estimate of drug-likeness (QED) is 0.667. The molecular formula is C12H24N2OS. The van der Waals surface area contributed by atoms with Gasteiger partial charge in [-0.15, -0.1) is 0 Å². The second kappa shape index (κ2) is 8.50. The number of nitrogens with two attached hydrogens (primary N) is 1. The number of hydrogen-bond acceptors (Lipinski definition) is 2. The van der Waals surface area contributed by atoms with E-state index in [2.05, 4.69) is 13.8 Å². The summed E-state index contributed by atoms with van der Waals surface area (Å²) in [4.78, 5) is 14.3. The first kappa shape index (κ1) is 15.4. The molecule has 0 aliphatic heterocycles. The van der Waals surface area contributed by atoms with Crippen molar-refractivity contribution in [2.24, 2.45) is 11.7 Å². The highest BCUT2D eigenvalue weighted by Crippen LogP contribution is 2.15. The second-order valence-electron chi connectivity index (χ2n) is 4.07. The SMILES string of the molecule is CCCCC(CC)C(=O)N(CC)CC(N)=S. The monoisotopic (exact) mass is 244 g/mol. The van der Waals surface area contributed by atoms with E-state index < -0.39 is 0 Å². The Labute approximate surface area is 104 Å². The van der Waals surface area contributed by atoms with Crippen molar-refractivity contribution >= 4 is 23.1 Å². The Bertz CT molecular complexity index is 231. The molecule has 0 fully saturated rings. The van der Waals surface area contributed by atoms with Crippen LogP contribution in [0.15, 0.2) is 0 Å². The van der Waals surface area contributed by atoms with Gasteiger partial charge in [0.1, 0.15) is 0 Å². The van der Waals surface area contributed by atoms with E-state index in [4.69, 9.17) is 18.0 Å². The molecule has 1 unspecified atom stereocenters. The van der Waals surface area contributed by atoms with Gasteiger partial charge in [0, 0.05) is 12.5 Å². The van der Waals surface area contributed by atoms with Crippen LogP contribution >= 0.6 is 12.2 Å². The fourth-order valence-electron chi connectivity index (χ4n) is 1.74. The minimum absolute atomic E-state index is 0.134. The lowest BCUT2D eigenvalue weighted by Gasteiger charge is -2.25. The van der Waals surface area contributed by atoms with E-state index in [0.29, 0.717) is 18.1 Å². The number of likely N-dealkylation sites (N-methyl/N-ethyl adjacent to an activating group) is 1. The largest absolute Gasteiger partial charge is 0.392 e. The molecule has 1 amide bonds. The summed E-state index contributed by atoms with van der Waals surface area (Å²) < 4.78 is 0. The Balaban J connectivity index is 4.37. The second-order valence-corrected chi connectivity index (χ2v) is 4.59. The standard InChI is InChI=1S/C12H24N2OS/c1-4-7-8-10(5-2)12(15)14(6-3)9-11(13)16/h10H,4-9H2,1-3H3,(H2,13,16). The summed E-state index contributed by atoms with van der Waals surface area (Å²) in [5.41, 5.74) is 5.49. The zero-order chi connectivity index (χ0) is 12.6. The molecule has 4 heteroatoms. The predicted octanol–water partition coefficient (Wildman–Crippen LogP) is 2.34. The summed E-state index contributed by atoms with van der Waals surface area (Å²) in [6, 6.07) is 0. The van der Waals surface area contributed by atoms with Gasteiger partial charge in [-0.05, 0) is 19.8 Å². The summed E-state index contributed by atoms with van der Waals surface area (Å²) in [7, 11) is 0. The van der Waals surface area contributed by atoms with Crippen molar-refractivity contribution in [1.82, 2.24) is 4.90 Å². The molecule has 2 N–H and O–H groups in total. The summed E-state index contributed by atoms with van der Waals surface area (Å²) in [5, 5.41) is 0. The average Bonchev–Trinajstić information content (AvgIpc) is 2.26. The highest BCUT2D eigenvalue weighted by molar-refractivity contribution is 7.80. The molecule has 0 aliphatic rings. The molecule has 0 aliphatic carbocycles. The zero-order valence-corrected chi connectivity index (χ0v) is 11.5. The minimum atomic E-state index is 0.134. The lowest BCUT2D eigenvalue weighted by atomic mass is 9.98. The van der Waals surface area contributed by atoms with Crippen LogP contribution in [0.2, 0.25) is 0 Å². The number of thiocarbonyl (C=S) groups is 1. The van der Waals surface area contributed by atoms with Crippen molar-refractivity contribution in [2.75, 3.05) is 13.1 Å². The maximum atomic E-state index is 12.2. The minimum Gasteiger partial charge on any atom is -0.392 e. The molecule has 16 heavy (non-hydrogen) atoms. The summed E-state index contributed by atoms with van der Waals surface area (Å²) in [6.45, 7) is 7.26. The van der Waals surface area contributed by atoms with Crippen molar-refractivity contribution in [3.8, 4) is 0 Å². The first-order chi connectivity index (χ1) is 7.56. The average molecular weight is 244 g/mol. The van der Waals surface area contributed by atoms with E-state index >= 15 is 0 Å². The van der Waals surface area contributed by atoms with Crippen molar-refractivity contribution in [2.45, 2.75) is 46.5 Å². The van der Waals surface area contributed by atoms with Crippen LogP contribution in [-0.4, -0.2) is 28.9 Å². The van der Waals surface area contributed by atoms with E-state index in [1.54, 1.807) is 4.90 Å². The molecule has 0 saturated heterocycles. The van der Waals surface area contributed by atoms with Crippen molar-refractivity contribution in [1.29, 1.82) is 0 Å². The van der Waals surface area contributed by atoms with E-state index in [0.717, 1.165) is 25.7 Å². The fraction of sp³-hybridized carbons (Fsp3) is 0.833. The van der Waals surface area contributed by atoms with Gasteiger partial charge in [-0.1, -0.05) is 38.9 Å². The number of amides is 1. The van der Waals surface area contributed by atoms with Crippen LogP contribution < -0.4 is 5.73 Å². The Morgan fingerprint density at radius 2 is 2.00 bits per heavy atom. The topological polar surface area (TPSA) is 46.3 Å². The third-order valence-corrected chi connectivity index (χ3v) is 2.92. The normalized spacial score (nSPS) is 12.2. The predicted molar refractivity (Wildman–Crippen MR) is 72.3 cm³/mol. The molecule has 0 saturated carbocycles. The van der Waals surface area contributed by atoms with Crippen molar-refractivity contribution < 1.29 is 4.79 Å². The summed E-state index contributed by atoms with van der Waals surface area (Å²) in [6.07, 6.45) is 4.10. The lowest BCUT2D eigenvalue weighted by molar-refractivity contribution is -0.135. The molecule has 0 heterocycles. The van der Waals surface area contributed by atoms with Gasteiger partial charge >= 0.3 is 0 Å². The Hall–Kier alpha value is -0.640. The Morgan fingerprint density at radius 3 is 2.38 bits per heavy atom. The number of hydrogen-bond donors (Lipinski definition) is 1. The molecule has 0 aromatic rings. The highest BCUT2D eigenvalue weighted by Gasteiger charge is 2.21. The van der Waals surface area contributed by atoms with E-state index in [1.807, 2.05) is 6.92 Å². The van der Waals surface area contributed by atoms with E-state index in [-0.39, 0.29) is 11.8 Å². The van der Waals surface area contributed by atoms with Crippen molar-refractivity contribution in [3.05, 3.63) is 0 Å². The van der Waals surface area contributed by atoms with Crippen LogP contribution in [0, 0.1) is 5.92 Å². The van der Waals surface area contributed by atoms with Gasteiger partial charge in [-0.2, -0.15) is 0 Å². The first-order valence-electron chi connectivity index (χ1n) is 6.13. The van der Waals surface area contributed by atoms with Crippen molar-refractivity contribution in [3.63, 3.8) is 0 Å². The Morgan fingerprint density at radius 1 is 1.38 bits per heavy atom. The molecule has 0 bridgehead atoms. The van der Waals surface area contributed by atoms with Gasteiger partial charge in [-0.25, -0.2) is 0 Å². The van der Waals surface area contributed by atoms with Crippen LogP contribution in [0.25, 0.3) is 0 Å². The molecule has 94 valence electrons. The fourth-order valence-corrected chi connectivity index (χ4v) is 1.90.